The van der Waals surface area contributed by atoms with Crippen molar-refractivity contribution in [3.63, 3.8) is 0 Å². The van der Waals surface area contributed by atoms with Gasteiger partial charge in [0.15, 0.2) is 0 Å². The molecule has 2 amide bonds. The molecule has 1 aromatic carbocycles. The van der Waals surface area contributed by atoms with E-state index in [0.29, 0.717) is 23.8 Å². The number of rotatable bonds is 5. The summed E-state index contributed by atoms with van der Waals surface area (Å²) in [7, 11) is 1.85. The molecule has 1 aliphatic carbocycles. The third kappa shape index (κ3) is 3.72. The lowest BCUT2D eigenvalue weighted by molar-refractivity contribution is -0.124. The van der Waals surface area contributed by atoms with Crippen LogP contribution in [-0.4, -0.2) is 42.5 Å². The monoisotopic (exact) mass is 316 g/mol. The van der Waals surface area contributed by atoms with Crippen LogP contribution in [0.3, 0.4) is 0 Å². The molecule has 0 spiro atoms. The fourth-order valence-corrected chi connectivity index (χ4v) is 3.02. The van der Waals surface area contributed by atoms with Crippen molar-refractivity contribution in [1.82, 2.24) is 4.90 Å². The van der Waals surface area contributed by atoms with Gasteiger partial charge in [-0.15, -0.1) is 0 Å². The minimum Gasteiger partial charge on any atom is -0.368 e. The lowest BCUT2D eigenvalue weighted by Crippen LogP contribution is -2.36. The molecular formula is C18H24N2O3. The molecule has 124 valence electrons. The first-order chi connectivity index (χ1) is 11.1. The van der Waals surface area contributed by atoms with Crippen molar-refractivity contribution in [2.45, 2.75) is 44.8 Å². The van der Waals surface area contributed by atoms with Crippen molar-refractivity contribution in [3.05, 3.63) is 29.8 Å². The van der Waals surface area contributed by atoms with Crippen LogP contribution in [0.25, 0.3) is 0 Å². The summed E-state index contributed by atoms with van der Waals surface area (Å²) in [6.07, 6.45) is 3.71. The van der Waals surface area contributed by atoms with Crippen LogP contribution < -0.4 is 5.32 Å². The Bertz CT molecular complexity index is 592. The Morgan fingerprint density at radius 2 is 2.09 bits per heavy atom. The number of carbonyl (C=O) groups excluding carboxylic acids is 2. The standard InChI is InChI=1S/C18H24N2O3/c1-12(13-8-9-13)20(2)18(22)14-5-3-6-15(11-14)19-17(21)16-7-4-10-23-16/h3,5-6,11-13,16H,4,7-10H2,1-2H3,(H,19,21). The average Bonchev–Trinajstić information content (AvgIpc) is 3.26. The van der Waals surface area contributed by atoms with Crippen LogP contribution in [0.2, 0.25) is 0 Å². The minimum absolute atomic E-state index is 0.00221. The molecule has 5 nitrogen and oxygen atoms in total. The zero-order valence-corrected chi connectivity index (χ0v) is 13.7. The highest BCUT2D eigenvalue weighted by Gasteiger charge is 2.32. The highest BCUT2D eigenvalue weighted by atomic mass is 16.5. The van der Waals surface area contributed by atoms with E-state index in [2.05, 4.69) is 12.2 Å². The van der Waals surface area contributed by atoms with Gasteiger partial charge in [0.2, 0.25) is 0 Å². The maximum Gasteiger partial charge on any atom is 0.253 e. The van der Waals surface area contributed by atoms with Crippen LogP contribution in [0.4, 0.5) is 5.69 Å². The van der Waals surface area contributed by atoms with Gasteiger partial charge in [-0.25, -0.2) is 0 Å². The zero-order valence-electron chi connectivity index (χ0n) is 13.7. The largest absolute Gasteiger partial charge is 0.368 e. The number of nitrogens with zero attached hydrogens (tertiary/aromatic N) is 1. The lowest BCUT2D eigenvalue weighted by Gasteiger charge is -2.25. The molecule has 1 aliphatic heterocycles. The molecule has 1 N–H and O–H groups in total. The molecule has 5 heteroatoms. The van der Waals surface area contributed by atoms with Gasteiger partial charge in [0.1, 0.15) is 6.10 Å². The Hall–Kier alpha value is -1.88. The molecule has 1 saturated carbocycles. The van der Waals surface area contributed by atoms with Crippen molar-refractivity contribution < 1.29 is 14.3 Å². The molecule has 3 rings (SSSR count). The molecule has 1 heterocycles. The Morgan fingerprint density at radius 1 is 1.30 bits per heavy atom. The first-order valence-electron chi connectivity index (χ1n) is 8.36. The van der Waals surface area contributed by atoms with Crippen LogP contribution in [0.5, 0.6) is 0 Å². The van der Waals surface area contributed by atoms with Crippen molar-refractivity contribution in [1.29, 1.82) is 0 Å². The molecule has 2 fully saturated rings. The van der Waals surface area contributed by atoms with E-state index in [1.807, 2.05) is 7.05 Å². The number of hydrogen-bond donors (Lipinski definition) is 1. The molecule has 0 radical (unpaired) electrons. The summed E-state index contributed by atoms with van der Waals surface area (Å²) < 4.78 is 5.38. The van der Waals surface area contributed by atoms with Crippen molar-refractivity contribution in [2.75, 3.05) is 19.0 Å². The van der Waals surface area contributed by atoms with Crippen LogP contribution >= 0.6 is 0 Å². The summed E-state index contributed by atoms with van der Waals surface area (Å²) in [6, 6.07) is 7.39. The molecule has 0 bridgehead atoms. The van der Waals surface area contributed by atoms with Gasteiger partial charge in [-0.3, -0.25) is 9.59 Å². The first-order valence-corrected chi connectivity index (χ1v) is 8.36. The second-order valence-corrected chi connectivity index (χ2v) is 6.57. The fraction of sp³-hybridized carbons (Fsp3) is 0.556. The third-order valence-electron chi connectivity index (χ3n) is 4.83. The van der Waals surface area contributed by atoms with E-state index in [4.69, 9.17) is 4.74 Å². The van der Waals surface area contributed by atoms with E-state index >= 15 is 0 Å². The molecule has 1 aromatic rings. The summed E-state index contributed by atoms with van der Waals surface area (Å²) in [5.41, 5.74) is 1.24. The first kappa shape index (κ1) is 16.0. The second kappa shape index (κ2) is 6.71. The number of carbonyl (C=O) groups is 2. The second-order valence-electron chi connectivity index (χ2n) is 6.57. The summed E-state index contributed by atoms with van der Waals surface area (Å²) in [5.74, 6) is 0.496. The van der Waals surface area contributed by atoms with Gasteiger partial charge in [-0.1, -0.05) is 6.07 Å². The summed E-state index contributed by atoms with van der Waals surface area (Å²) in [4.78, 5) is 26.5. The molecule has 2 aliphatic rings. The maximum atomic E-state index is 12.6. The Labute approximate surface area is 137 Å². The normalized spacial score (nSPS) is 21.7. The molecule has 0 aromatic heterocycles. The quantitative estimate of drug-likeness (QED) is 0.908. The number of nitrogens with one attached hydrogen (secondary N) is 1. The average molecular weight is 316 g/mol. The molecular weight excluding hydrogens is 292 g/mol. The van der Waals surface area contributed by atoms with Crippen molar-refractivity contribution in [2.24, 2.45) is 5.92 Å². The van der Waals surface area contributed by atoms with E-state index in [1.165, 1.54) is 12.8 Å². The van der Waals surface area contributed by atoms with Gasteiger partial charge in [0.05, 0.1) is 0 Å². The van der Waals surface area contributed by atoms with E-state index in [0.717, 1.165) is 12.8 Å². The Kier molecular flexibility index (Phi) is 4.66. The van der Waals surface area contributed by atoms with Crippen molar-refractivity contribution >= 4 is 17.5 Å². The summed E-state index contributed by atoms with van der Waals surface area (Å²) >= 11 is 0. The molecule has 2 atom stereocenters. The zero-order chi connectivity index (χ0) is 16.4. The number of benzene rings is 1. The van der Waals surface area contributed by atoms with Crippen LogP contribution in [0.1, 0.15) is 43.0 Å². The Balaban J connectivity index is 1.66. The van der Waals surface area contributed by atoms with Gasteiger partial charge in [0, 0.05) is 30.9 Å². The smallest absolute Gasteiger partial charge is 0.253 e. The Morgan fingerprint density at radius 3 is 2.74 bits per heavy atom. The van der Waals surface area contributed by atoms with Crippen LogP contribution in [0, 0.1) is 5.92 Å². The number of anilines is 1. The molecule has 2 unspecified atom stereocenters. The van der Waals surface area contributed by atoms with Crippen LogP contribution in [-0.2, 0) is 9.53 Å². The van der Waals surface area contributed by atoms with E-state index in [-0.39, 0.29) is 24.0 Å². The number of amides is 2. The van der Waals surface area contributed by atoms with Gasteiger partial charge in [-0.05, 0) is 56.7 Å². The highest BCUT2D eigenvalue weighted by Crippen LogP contribution is 2.35. The summed E-state index contributed by atoms with van der Waals surface area (Å²) in [5, 5.41) is 2.85. The predicted octanol–water partition coefficient (Wildman–Crippen LogP) is 2.67. The summed E-state index contributed by atoms with van der Waals surface area (Å²) in [6.45, 7) is 2.74. The highest BCUT2D eigenvalue weighted by molar-refractivity contribution is 5.98. The SMILES string of the molecule is CC(C1CC1)N(C)C(=O)c1cccc(NC(=O)C2CCCO2)c1. The minimum atomic E-state index is -0.369. The lowest BCUT2D eigenvalue weighted by atomic mass is 10.1. The molecule has 1 saturated heterocycles. The topological polar surface area (TPSA) is 58.6 Å². The number of hydrogen-bond acceptors (Lipinski definition) is 3. The van der Waals surface area contributed by atoms with Gasteiger partial charge < -0.3 is 15.0 Å². The van der Waals surface area contributed by atoms with E-state index in [1.54, 1.807) is 29.2 Å². The fourth-order valence-electron chi connectivity index (χ4n) is 3.02. The van der Waals surface area contributed by atoms with Crippen LogP contribution in [0.15, 0.2) is 24.3 Å². The van der Waals surface area contributed by atoms with E-state index in [9.17, 15) is 9.59 Å². The third-order valence-corrected chi connectivity index (χ3v) is 4.83. The van der Waals surface area contributed by atoms with Crippen molar-refractivity contribution in [3.8, 4) is 0 Å². The van der Waals surface area contributed by atoms with Gasteiger partial charge >= 0.3 is 0 Å². The predicted molar refractivity (Wildman–Crippen MR) is 88.3 cm³/mol. The number of ether oxygens (including phenoxy) is 1. The van der Waals surface area contributed by atoms with Gasteiger partial charge in [-0.2, -0.15) is 0 Å². The maximum absolute atomic E-state index is 12.6. The van der Waals surface area contributed by atoms with Gasteiger partial charge in [0.25, 0.3) is 11.8 Å². The van der Waals surface area contributed by atoms with E-state index < -0.39 is 0 Å². The molecule has 23 heavy (non-hydrogen) atoms.